The van der Waals surface area contributed by atoms with Crippen molar-refractivity contribution >= 4 is 18.0 Å². The quantitative estimate of drug-likeness (QED) is 0.667. The molecule has 0 spiro atoms. The molecule has 2 fully saturated rings. The average Bonchev–Trinajstić information content (AvgIpc) is 3.14. The summed E-state index contributed by atoms with van der Waals surface area (Å²) in [6, 6.07) is 15.5. The van der Waals surface area contributed by atoms with Crippen molar-refractivity contribution in [3.63, 3.8) is 0 Å². The maximum Gasteiger partial charge on any atom is 0.407 e. The highest BCUT2D eigenvalue weighted by atomic mass is 16.5. The normalized spacial score (nSPS) is 24.6. The van der Waals surface area contributed by atoms with Crippen molar-refractivity contribution in [2.75, 3.05) is 13.2 Å². The van der Waals surface area contributed by atoms with Gasteiger partial charge in [-0.3, -0.25) is 4.79 Å². The molecule has 0 aromatic heterocycles. The van der Waals surface area contributed by atoms with Crippen LogP contribution in [0.3, 0.4) is 0 Å². The van der Waals surface area contributed by atoms with Crippen LogP contribution in [-0.2, 0) is 14.3 Å². The van der Waals surface area contributed by atoms with Gasteiger partial charge >= 0.3 is 12.1 Å². The first-order valence-corrected chi connectivity index (χ1v) is 12.4. The maximum atomic E-state index is 13.1. The van der Waals surface area contributed by atoms with E-state index in [0.29, 0.717) is 19.4 Å². The number of hydrogen-bond donors (Lipinski definition) is 2. The van der Waals surface area contributed by atoms with Crippen molar-refractivity contribution in [2.24, 2.45) is 11.3 Å². The largest absolute Gasteiger partial charge is 0.480 e. The molecule has 2 aromatic carbocycles. The summed E-state index contributed by atoms with van der Waals surface area (Å²) >= 11 is 0. The number of carboxylic acid groups (broad SMARTS) is 1. The number of rotatable bonds is 5. The minimum absolute atomic E-state index is 0.00319. The summed E-state index contributed by atoms with van der Waals surface area (Å²) in [6.45, 7) is 4.44. The van der Waals surface area contributed by atoms with Crippen LogP contribution in [0.2, 0.25) is 0 Å². The number of fused-ring (bicyclic) bond motifs is 3. The maximum absolute atomic E-state index is 13.1. The lowest BCUT2D eigenvalue weighted by molar-refractivity contribution is -0.174. The number of hydrogen-bond acceptors (Lipinski definition) is 4. The highest BCUT2D eigenvalue weighted by molar-refractivity contribution is 5.88. The van der Waals surface area contributed by atoms with Crippen LogP contribution < -0.4 is 5.32 Å². The van der Waals surface area contributed by atoms with Crippen LogP contribution in [-0.4, -0.2) is 53.2 Å². The molecule has 1 aliphatic heterocycles. The number of likely N-dealkylation sites (tertiary alicyclic amines) is 1. The van der Waals surface area contributed by atoms with E-state index in [1.165, 1.54) is 16.0 Å². The summed E-state index contributed by atoms with van der Waals surface area (Å²) in [5, 5.41) is 12.5. The Kier molecular flexibility index (Phi) is 6.03. The van der Waals surface area contributed by atoms with E-state index in [2.05, 4.69) is 29.6 Å². The summed E-state index contributed by atoms with van der Waals surface area (Å²) in [7, 11) is 0. The molecule has 184 valence electrons. The van der Waals surface area contributed by atoms with Gasteiger partial charge in [-0.05, 0) is 41.5 Å². The van der Waals surface area contributed by atoms with Crippen LogP contribution in [0.5, 0.6) is 0 Å². The minimum atomic E-state index is -0.960. The lowest BCUT2D eigenvalue weighted by atomic mass is 9.73. The van der Waals surface area contributed by atoms with Gasteiger partial charge in [-0.25, -0.2) is 9.59 Å². The van der Waals surface area contributed by atoms with Gasteiger partial charge in [-0.2, -0.15) is 0 Å². The summed E-state index contributed by atoms with van der Waals surface area (Å²) in [6.07, 6.45) is 2.33. The third kappa shape index (κ3) is 4.28. The van der Waals surface area contributed by atoms with Gasteiger partial charge in [-0.1, -0.05) is 68.8 Å². The SMILES string of the molecule is CC1(C)CN(C(=O)C2CCCC(NC(=O)OCC3c4ccccc4-c4ccccc43)C2)C1C(=O)O. The first-order chi connectivity index (χ1) is 16.8. The van der Waals surface area contributed by atoms with Crippen LogP contribution >= 0.6 is 0 Å². The van der Waals surface area contributed by atoms with E-state index < -0.39 is 23.5 Å². The van der Waals surface area contributed by atoms with Gasteiger partial charge in [0.05, 0.1) is 0 Å². The van der Waals surface area contributed by atoms with Crippen LogP contribution in [0.4, 0.5) is 4.79 Å². The molecule has 5 rings (SSSR count). The van der Waals surface area contributed by atoms with Crippen LogP contribution in [0, 0.1) is 11.3 Å². The molecular weight excluding hydrogens is 444 g/mol. The molecule has 1 heterocycles. The van der Waals surface area contributed by atoms with Crippen molar-refractivity contribution in [2.45, 2.75) is 57.5 Å². The molecule has 7 nitrogen and oxygen atoms in total. The number of nitrogens with one attached hydrogen (secondary N) is 1. The molecule has 35 heavy (non-hydrogen) atoms. The molecule has 2 N–H and O–H groups in total. The Bertz CT molecular complexity index is 1110. The predicted molar refractivity (Wildman–Crippen MR) is 131 cm³/mol. The number of carbonyl (C=O) groups excluding carboxylic acids is 2. The molecule has 3 aliphatic rings. The van der Waals surface area contributed by atoms with Crippen LogP contribution in [0.15, 0.2) is 48.5 Å². The van der Waals surface area contributed by atoms with E-state index in [9.17, 15) is 19.5 Å². The van der Waals surface area contributed by atoms with E-state index in [4.69, 9.17) is 4.74 Å². The molecule has 7 heteroatoms. The summed E-state index contributed by atoms with van der Waals surface area (Å²) in [5.41, 5.74) is 4.26. The Labute approximate surface area is 205 Å². The smallest absolute Gasteiger partial charge is 0.407 e. The van der Waals surface area contributed by atoms with Crippen molar-refractivity contribution in [1.29, 1.82) is 0 Å². The lowest BCUT2D eigenvalue weighted by Gasteiger charge is -2.53. The number of alkyl carbamates (subject to hydrolysis) is 1. The molecule has 0 radical (unpaired) electrons. The number of ether oxygens (including phenoxy) is 1. The highest BCUT2D eigenvalue weighted by Gasteiger charge is 2.53. The first-order valence-electron chi connectivity index (χ1n) is 12.4. The Hall–Kier alpha value is -3.35. The minimum Gasteiger partial charge on any atom is -0.480 e. The summed E-state index contributed by atoms with van der Waals surface area (Å²) in [5.74, 6) is -1.35. The molecule has 1 saturated carbocycles. The lowest BCUT2D eigenvalue weighted by Crippen LogP contribution is -2.68. The van der Waals surface area contributed by atoms with Crippen molar-refractivity contribution < 1.29 is 24.2 Å². The zero-order valence-corrected chi connectivity index (χ0v) is 20.2. The van der Waals surface area contributed by atoms with Crippen LogP contribution in [0.25, 0.3) is 11.1 Å². The van der Waals surface area contributed by atoms with Gasteiger partial charge in [0.2, 0.25) is 5.91 Å². The number of carbonyl (C=O) groups is 3. The molecule has 3 atom stereocenters. The van der Waals surface area contributed by atoms with E-state index in [1.54, 1.807) is 0 Å². The molecule has 2 aromatic rings. The monoisotopic (exact) mass is 476 g/mol. The fraction of sp³-hybridized carbons (Fsp3) is 0.464. The summed E-state index contributed by atoms with van der Waals surface area (Å²) < 4.78 is 5.67. The second kappa shape index (κ2) is 9.02. The molecule has 2 aliphatic carbocycles. The number of benzene rings is 2. The van der Waals surface area contributed by atoms with Gasteiger partial charge in [0.1, 0.15) is 12.6 Å². The Balaban J connectivity index is 1.18. The fourth-order valence-corrected chi connectivity index (χ4v) is 6.19. The number of amides is 2. The molecule has 0 bridgehead atoms. The van der Waals surface area contributed by atoms with E-state index in [-0.39, 0.29) is 30.4 Å². The van der Waals surface area contributed by atoms with Gasteiger partial charge < -0.3 is 20.1 Å². The second-order valence-corrected chi connectivity index (χ2v) is 10.7. The Morgan fingerprint density at radius 3 is 2.26 bits per heavy atom. The predicted octanol–water partition coefficient (Wildman–Crippen LogP) is 4.41. The molecular formula is C28H32N2O5. The first kappa shape index (κ1) is 23.4. The van der Waals surface area contributed by atoms with E-state index in [0.717, 1.165) is 24.0 Å². The number of aliphatic carboxylic acids is 1. The zero-order chi connectivity index (χ0) is 24.7. The van der Waals surface area contributed by atoms with Gasteiger partial charge in [0.15, 0.2) is 0 Å². The molecule has 3 unspecified atom stereocenters. The fourth-order valence-electron chi connectivity index (χ4n) is 6.19. The third-order valence-corrected chi connectivity index (χ3v) is 7.84. The molecule has 1 saturated heterocycles. The third-order valence-electron chi connectivity index (χ3n) is 7.84. The van der Waals surface area contributed by atoms with Crippen LogP contribution in [0.1, 0.15) is 56.6 Å². The average molecular weight is 477 g/mol. The standard InChI is InChI=1S/C28H32N2O5/c1-28(2)16-30(24(28)26(32)33)25(31)17-8-7-9-18(14-17)29-27(34)35-15-23-21-12-5-3-10-19(21)20-11-4-6-13-22(20)23/h3-6,10-13,17-18,23-24H,7-9,14-16H2,1-2H3,(H,29,34)(H,32,33). The van der Waals surface area contributed by atoms with E-state index >= 15 is 0 Å². The Morgan fingerprint density at radius 1 is 1.03 bits per heavy atom. The van der Waals surface area contributed by atoms with Crippen molar-refractivity contribution in [3.8, 4) is 11.1 Å². The second-order valence-electron chi connectivity index (χ2n) is 10.7. The van der Waals surface area contributed by atoms with Gasteiger partial charge in [0, 0.05) is 29.8 Å². The van der Waals surface area contributed by atoms with Gasteiger partial charge in [0.25, 0.3) is 0 Å². The summed E-state index contributed by atoms with van der Waals surface area (Å²) in [4.78, 5) is 38.9. The highest BCUT2D eigenvalue weighted by Crippen LogP contribution is 2.44. The zero-order valence-electron chi connectivity index (χ0n) is 20.2. The van der Waals surface area contributed by atoms with Gasteiger partial charge in [-0.15, -0.1) is 0 Å². The molecule has 2 amide bonds. The van der Waals surface area contributed by atoms with Crippen molar-refractivity contribution in [3.05, 3.63) is 59.7 Å². The topological polar surface area (TPSA) is 95.9 Å². The number of nitrogens with zero attached hydrogens (tertiary/aromatic N) is 1. The van der Waals surface area contributed by atoms with E-state index in [1.807, 2.05) is 38.1 Å². The Morgan fingerprint density at radius 2 is 1.66 bits per heavy atom. The number of carboxylic acids is 1. The van der Waals surface area contributed by atoms with Crippen molar-refractivity contribution in [1.82, 2.24) is 10.2 Å².